The average Bonchev–Trinajstić information content (AvgIpc) is 2.94. The van der Waals surface area contributed by atoms with Gasteiger partial charge < -0.3 is 15.0 Å². The molecule has 0 radical (unpaired) electrons. The fourth-order valence-corrected chi connectivity index (χ4v) is 5.64. The molecule has 0 fully saturated rings. The number of amides is 2. The highest BCUT2D eigenvalue weighted by Gasteiger charge is 2.32. The standard InChI is InChI=1S/C30H36ClN3O5S/c1-5-19-32-30(36)23(4)33(20-24-9-7-8-10-28(24)31)29(35)21-34(25-13-11-22(3)12-14-25)40(37,38)27-17-15-26(16-18-27)39-6-2/h7-18,23H,5-6,19-21H2,1-4H3,(H,32,36)/t23-/m1/s1. The molecule has 10 heteroatoms. The van der Waals surface area contributed by atoms with Crippen LogP contribution in [0.1, 0.15) is 38.3 Å². The molecule has 0 aliphatic rings. The molecule has 0 bridgehead atoms. The topological polar surface area (TPSA) is 96.0 Å². The van der Waals surface area contributed by atoms with Gasteiger partial charge in [0.1, 0.15) is 18.3 Å². The fraction of sp³-hybridized carbons (Fsp3) is 0.333. The molecule has 0 saturated heterocycles. The Morgan fingerprint density at radius 3 is 2.23 bits per heavy atom. The Morgan fingerprint density at radius 2 is 1.62 bits per heavy atom. The second kappa shape index (κ2) is 14.2. The summed E-state index contributed by atoms with van der Waals surface area (Å²) >= 11 is 6.39. The number of hydrogen-bond acceptors (Lipinski definition) is 5. The highest BCUT2D eigenvalue weighted by atomic mass is 35.5. The van der Waals surface area contributed by atoms with Gasteiger partial charge in [-0.1, -0.05) is 54.4 Å². The lowest BCUT2D eigenvalue weighted by atomic mass is 10.1. The number of rotatable bonds is 13. The zero-order valence-electron chi connectivity index (χ0n) is 23.3. The van der Waals surface area contributed by atoms with Crippen LogP contribution in [0.15, 0.2) is 77.7 Å². The van der Waals surface area contributed by atoms with Gasteiger partial charge in [0.2, 0.25) is 11.8 Å². The Balaban J connectivity index is 2.01. The van der Waals surface area contributed by atoms with E-state index in [4.69, 9.17) is 16.3 Å². The molecule has 0 heterocycles. The van der Waals surface area contributed by atoms with Crippen LogP contribution in [-0.4, -0.2) is 50.9 Å². The molecular weight excluding hydrogens is 550 g/mol. The lowest BCUT2D eigenvalue weighted by molar-refractivity contribution is -0.139. The lowest BCUT2D eigenvalue weighted by Gasteiger charge is -2.32. The van der Waals surface area contributed by atoms with E-state index in [0.717, 1.165) is 16.3 Å². The molecule has 3 aromatic rings. The molecule has 0 aliphatic heterocycles. The van der Waals surface area contributed by atoms with Crippen LogP contribution in [0, 0.1) is 6.92 Å². The van der Waals surface area contributed by atoms with Crippen LogP contribution in [0.25, 0.3) is 0 Å². The number of anilines is 1. The maximum atomic E-state index is 13.9. The summed E-state index contributed by atoms with van der Waals surface area (Å²) in [6.45, 7) is 7.70. The van der Waals surface area contributed by atoms with Crippen LogP contribution in [-0.2, 0) is 26.2 Å². The van der Waals surface area contributed by atoms with Gasteiger partial charge in [0.05, 0.1) is 17.2 Å². The number of nitrogens with zero attached hydrogens (tertiary/aromatic N) is 2. The minimum absolute atomic E-state index is 0.00993. The summed E-state index contributed by atoms with van der Waals surface area (Å²) in [5.41, 5.74) is 1.91. The second-order valence-corrected chi connectivity index (χ2v) is 11.6. The normalized spacial score (nSPS) is 11.9. The summed E-state index contributed by atoms with van der Waals surface area (Å²) in [5, 5.41) is 3.26. The summed E-state index contributed by atoms with van der Waals surface area (Å²) < 4.78 is 34.4. The van der Waals surface area contributed by atoms with Gasteiger partial charge in [0.15, 0.2) is 0 Å². The quantitative estimate of drug-likeness (QED) is 0.298. The van der Waals surface area contributed by atoms with Crippen molar-refractivity contribution in [3.63, 3.8) is 0 Å². The van der Waals surface area contributed by atoms with Gasteiger partial charge in [-0.2, -0.15) is 0 Å². The lowest BCUT2D eigenvalue weighted by Crippen LogP contribution is -2.51. The van der Waals surface area contributed by atoms with Crippen molar-refractivity contribution in [1.29, 1.82) is 0 Å². The highest BCUT2D eigenvalue weighted by molar-refractivity contribution is 7.92. The number of ether oxygens (including phenoxy) is 1. The van der Waals surface area contributed by atoms with Crippen molar-refractivity contribution >= 4 is 39.1 Å². The Hall–Kier alpha value is -3.56. The van der Waals surface area contributed by atoms with E-state index in [9.17, 15) is 18.0 Å². The van der Waals surface area contributed by atoms with Gasteiger partial charge in [-0.15, -0.1) is 0 Å². The van der Waals surface area contributed by atoms with Crippen LogP contribution >= 0.6 is 11.6 Å². The SMILES string of the molecule is CCCNC(=O)[C@@H](C)N(Cc1ccccc1Cl)C(=O)CN(c1ccc(C)cc1)S(=O)(=O)c1ccc(OCC)cc1. The molecule has 1 N–H and O–H groups in total. The smallest absolute Gasteiger partial charge is 0.264 e. The third kappa shape index (κ3) is 7.76. The van der Waals surface area contributed by atoms with E-state index < -0.39 is 28.5 Å². The van der Waals surface area contributed by atoms with Crippen LogP contribution < -0.4 is 14.4 Å². The summed E-state index contributed by atoms with van der Waals surface area (Å²) in [5.74, 6) is -0.343. The van der Waals surface area contributed by atoms with E-state index in [2.05, 4.69) is 5.32 Å². The second-order valence-electron chi connectivity index (χ2n) is 9.33. The van der Waals surface area contributed by atoms with Gasteiger partial charge in [-0.3, -0.25) is 13.9 Å². The zero-order chi connectivity index (χ0) is 29.3. The first kappa shape index (κ1) is 31.0. The zero-order valence-corrected chi connectivity index (χ0v) is 24.8. The number of carbonyl (C=O) groups is 2. The Morgan fingerprint density at radius 1 is 0.975 bits per heavy atom. The number of benzene rings is 3. The van der Waals surface area contributed by atoms with E-state index >= 15 is 0 Å². The molecule has 2 amide bonds. The molecule has 3 rings (SSSR count). The highest BCUT2D eigenvalue weighted by Crippen LogP contribution is 2.27. The first-order valence-corrected chi connectivity index (χ1v) is 15.0. The van der Waals surface area contributed by atoms with E-state index in [1.54, 1.807) is 67.6 Å². The van der Waals surface area contributed by atoms with Gasteiger partial charge in [-0.25, -0.2) is 8.42 Å². The first-order chi connectivity index (χ1) is 19.1. The van der Waals surface area contributed by atoms with Crippen molar-refractivity contribution in [2.75, 3.05) is 24.0 Å². The minimum Gasteiger partial charge on any atom is -0.494 e. The maximum Gasteiger partial charge on any atom is 0.264 e. The number of halogens is 1. The van der Waals surface area contributed by atoms with Crippen LogP contribution in [0.2, 0.25) is 5.02 Å². The summed E-state index contributed by atoms with van der Waals surface area (Å²) in [6, 6.07) is 19.1. The van der Waals surface area contributed by atoms with E-state index in [-0.39, 0.29) is 17.3 Å². The summed E-state index contributed by atoms with van der Waals surface area (Å²) in [7, 11) is -4.16. The van der Waals surface area contributed by atoms with E-state index in [0.29, 0.717) is 35.2 Å². The molecule has 0 unspecified atom stereocenters. The molecule has 3 aromatic carbocycles. The molecule has 0 saturated carbocycles. The number of aryl methyl sites for hydroxylation is 1. The third-order valence-corrected chi connectivity index (χ3v) is 8.50. The molecule has 0 spiro atoms. The van der Waals surface area contributed by atoms with Crippen molar-refractivity contribution in [1.82, 2.24) is 10.2 Å². The number of sulfonamides is 1. The molecule has 8 nitrogen and oxygen atoms in total. The van der Waals surface area contributed by atoms with Crippen molar-refractivity contribution in [3.05, 3.63) is 88.9 Å². The van der Waals surface area contributed by atoms with Gasteiger partial charge >= 0.3 is 0 Å². The van der Waals surface area contributed by atoms with E-state index in [1.165, 1.54) is 17.0 Å². The van der Waals surface area contributed by atoms with Crippen molar-refractivity contribution < 1.29 is 22.7 Å². The molecule has 1 atom stereocenters. The Bertz CT molecular complexity index is 1400. The molecule has 0 aliphatic carbocycles. The van der Waals surface area contributed by atoms with Crippen molar-refractivity contribution in [3.8, 4) is 5.75 Å². The molecular formula is C30H36ClN3O5S. The average molecular weight is 586 g/mol. The van der Waals surface area contributed by atoms with Gasteiger partial charge in [-0.05, 0) is 75.2 Å². The largest absolute Gasteiger partial charge is 0.494 e. The maximum absolute atomic E-state index is 13.9. The fourth-order valence-electron chi connectivity index (χ4n) is 4.03. The summed E-state index contributed by atoms with van der Waals surface area (Å²) in [4.78, 5) is 28.2. The number of carbonyl (C=O) groups excluding carboxylic acids is 2. The predicted octanol–water partition coefficient (Wildman–Crippen LogP) is 5.19. The Kier molecular flexibility index (Phi) is 11.0. The van der Waals surface area contributed by atoms with Crippen molar-refractivity contribution in [2.45, 2.75) is 51.6 Å². The molecule has 0 aromatic heterocycles. The summed E-state index contributed by atoms with van der Waals surface area (Å²) in [6.07, 6.45) is 0.735. The number of hydrogen-bond donors (Lipinski definition) is 1. The predicted molar refractivity (Wildman–Crippen MR) is 158 cm³/mol. The molecule has 40 heavy (non-hydrogen) atoms. The van der Waals surface area contributed by atoms with E-state index in [1.807, 2.05) is 20.8 Å². The Labute approximate surface area is 241 Å². The first-order valence-electron chi connectivity index (χ1n) is 13.2. The molecule has 214 valence electrons. The monoisotopic (exact) mass is 585 g/mol. The third-order valence-electron chi connectivity index (χ3n) is 6.34. The van der Waals surface area contributed by atoms with Crippen LogP contribution in [0.3, 0.4) is 0 Å². The van der Waals surface area contributed by atoms with Crippen LogP contribution in [0.5, 0.6) is 5.75 Å². The number of nitrogens with one attached hydrogen (secondary N) is 1. The van der Waals surface area contributed by atoms with Crippen molar-refractivity contribution in [2.24, 2.45) is 0 Å². The van der Waals surface area contributed by atoms with Gasteiger partial charge in [0, 0.05) is 18.1 Å². The van der Waals surface area contributed by atoms with Crippen LogP contribution in [0.4, 0.5) is 5.69 Å². The van der Waals surface area contributed by atoms with Gasteiger partial charge in [0.25, 0.3) is 10.0 Å². The minimum atomic E-state index is -4.16.